The number of rotatable bonds is 5. The lowest BCUT2D eigenvalue weighted by Gasteiger charge is -2.15. The van der Waals surface area contributed by atoms with E-state index >= 15 is 0 Å². The zero-order valence-corrected chi connectivity index (χ0v) is 11.9. The maximum atomic E-state index is 6.02. The van der Waals surface area contributed by atoms with E-state index in [0.717, 1.165) is 19.6 Å². The minimum absolute atomic E-state index is 0.0496. The molecule has 1 aliphatic heterocycles. The van der Waals surface area contributed by atoms with E-state index in [4.69, 9.17) is 10.5 Å². The molecule has 1 unspecified atom stereocenters. The van der Waals surface area contributed by atoms with Gasteiger partial charge in [-0.15, -0.1) is 0 Å². The van der Waals surface area contributed by atoms with Gasteiger partial charge in [0.05, 0.1) is 6.10 Å². The van der Waals surface area contributed by atoms with Crippen molar-refractivity contribution in [3.05, 3.63) is 6.33 Å². The monoisotopic (exact) mass is 265 g/mol. The predicted octanol–water partition coefficient (Wildman–Crippen LogP) is 1.21. The van der Waals surface area contributed by atoms with Crippen molar-refractivity contribution in [1.82, 2.24) is 14.9 Å². The second-order valence-electron chi connectivity index (χ2n) is 5.41. The largest absolute Gasteiger partial charge is 0.473 e. The van der Waals surface area contributed by atoms with Gasteiger partial charge in [0.25, 0.3) is 0 Å². The fourth-order valence-corrected chi connectivity index (χ4v) is 2.27. The average molecular weight is 265 g/mol. The molecule has 0 amide bonds. The van der Waals surface area contributed by atoms with Crippen LogP contribution in [-0.4, -0.2) is 47.7 Å². The highest BCUT2D eigenvalue weighted by Gasteiger charge is 2.20. The molecule has 1 aromatic heterocycles. The van der Waals surface area contributed by atoms with Gasteiger partial charge < -0.3 is 20.7 Å². The number of likely N-dealkylation sites (tertiary alicyclic amines) is 1. The van der Waals surface area contributed by atoms with Crippen molar-refractivity contribution in [1.29, 1.82) is 0 Å². The molecule has 106 valence electrons. The summed E-state index contributed by atoms with van der Waals surface area (Å²) in [5.74, 6) is 1.77. The second-order valence-corrected chi connectivity index (χ2v) is 5.41. The van der Waals surface area contributed by atoms with Gasteiger partial charge in [-0.1, -0.05) is 0 Å². The summed E-state index contributed by atoms with van der Waals surface area (Å²) in [5, 5.41) is 3.31. The third-order valence-corrected chi connectivity index (χ3v) is 3.24. The average Bonchev–Trinajstić information content (AvgIpc) is 2.76. The van der Waals surface area contributed by atoms with Gasteiger partial charge in [-0.25, -0.2) is 4.98 Å². The van der Waals surface area contributed by atoms with Crippen molar-refractivity contribution < 1.29 is 4.74 Å². The fraction of sp³-hybridized carbons (Fsp3) is 0.692. The van der Waals surface area contributed by atoms with Crippen molar-refractivity contribution in [2.75, 3.05) is 37.7 Å². The van der Waals surface area contributed by atoms with Crippen molar-refractivity contribution >= 4 is 11.5 Å². The Bertz CT molecular complexity index is 423. The number of nitrogens with zero attached hydrogens (tertiary/aromatic N) is 3. The van der Waals surface area contributed by atoms with Gasteiger partial charge in [0.1, 0.15) is 12.0 Å². The summed E-state index contributed by atoms with van der Waals surface area (Å²) in [7, 11) is 2.15. The lowest BCUT2D eigenvalue weighted by atomic mass is 10.1. The van der Waals surface area contributed by atoms with Crippen molar-refractivity contribution in [2.45, 2.75) is 26.4 Å². The molecule has 1 saturated heterocycles. The van der Waals surface area contributed by atoms with Crippen LogP contribution in [0.25, 0.3) is 0 Å². The molecule has 3 N–H and O–H groups in total. The van der Waals surface area contributed by atoms with Crippen LogP contribution in [0.2, 0.25) is 0 Å². The van der Waals surface area contributed by atoms with Gasteiger partial charge in [-0.3, -0.25) is 0 Å². The molecule has 0 bridgehead atoms. The quantitative estimate of drug-likeness (QED) is 0.833. The molecule has 0 aromatic carbocycles. The number of aromatic nitrogens is 2. The molecule has 0 radical (unpaired) electrons. The Morgan fingerprint density at radius 2 is 2.32 bits per heavy atom. The molecule has 1 fully saturated rings. The summed E-state index contributed by atoms with van der Waals surface area (Å²) in [5.41, 5.74) is 6.51. The van der Waals surface area contributed by atoms with Crippen LogP contribution < -0.4 is 15.8 Å². The van der Waals surface area contributed by atoms with Crippen LogP contribution in [-0.2, 0) is 0 Å². The third-order valence-electron chi connectivity index (χ3n) is 3.24. The van der Waals surface area contributed by atoms with Gasteiger partial charge in [-0.2, -0.15) is 4.98 Å². The van der Waals surface area contributed by atoms with E-state index in [0.29, 0.717) is 23.3 Å². The Morgan fingerprint density at radius 1 is 1.53 bits per heavy atom. The molecule has 1 aliphatic rings. The van der Waals surface area contributed by atoms with E-state index in [-0.39, 0.29) is 6.10 Å². The highest BCUT2D eigenvalue weighted by molar-refractivity contribution is 5.66. The Kier molecular flexibility index (Phi) is 4.42. The first-order valence-corrected chi connectivity index (χ1v) is 6.75. The van der Waals surface area contributed by atoms with Gasteiger partial charge in [0.2, 0.25) is 5.88 Å². The number of nitrogen functional groups attached to an aromatic ring is 1. The van der Waals surface area contributed by atoms with Crippen molar-refractivity contribution in [2.24, 2.45) is 5.92 Å². The molecule has 6 heteroatoms. The molecule has 0 aliphatic carbocycles. The molecule has 19 heavy (non-hydrogen) atoms. The normalized spacial score (nSPS) is 19.9. The molecule has 2 rings (SSSR count). The second kappa shape index (κ2) is 6.06. The van der Waals surface area contributed by atoms with Crippen LogP contribution in [0.1, 0.15) is 20.3 Å². The van der Waals surface area contributed by atoms with E-state index < -0.39 is 0 Å². The number of nitrogens with one attached hydrogen (secondary N) is 1. The molecular weight excluding hydrogens is 242 g/mol. The van der Waals surface area contributed by atoms with E-state index in [1.54, 1.807) is 0 Å². The van der Waals surface area contributed by atoms with Crippen molar-refractivity contribution in [3.63, 3.8) is 0 Å². The molecule has 2 heterocycles. The Hall–Kier alpha value is -1.56. The lowest BCUT2D eigenvalue weighted by Crippen LogP contribution is -2.20. The smallest absolute Gasteiger partial charge is 0.242 e. The minimum atomic E-state index is 0.0496. The first-order valence-electron chi connectivity index (χ1n) is 6.75. The van der Waals surface area contributed by atoms with Crippen LogP contribution in [0, 0.1) is 5.92 Å². The highest BCUT2D eigenvalue weighted by Crippen LogP contribution is 2.26. The fourth-order valence-electron chi connectivity index (χ4n) is 2.27. The molecule has 1 aromatic rings. The first-order chi connectivity index (χ1) is 9.06. The molecule has 0 saturated carbocycles. The van der Waals surface area contributed by atoms with Crippen LogP contribution in [0.5, 0.6) is 5.88 Å². The predicted molar refractivity (Wildman–Crippen MR) is 76.3 cm³/mol. The summed E-state index contributed by atoms with van der Waals surface area (Å²) in [6.45, 7) is 7.05. The van der Waals surface area contributed by atoms with Gasteiger partial charge in [-0.05, 0) is 39.8 Å². The maximum Gasteiger partial charge on any atom is 0.242 e. The zero-order valence-electron chi connectivity index (χ0n) is 11.9. The number of ether oxygens (including phenoxy) is 1. The summed E-state index contributed by atoms with van der Waals surface area (Å²) in [6, 6.07) is 0. The highest BCUT2D eigenvalue weighted by atomic mass is 16.5. The topological polar surface area (TPSA) is 76.3 Å². The van der Waals surface area contributed by atoms with Gasteiger partial charge in [0, 0.05) is 13.1 Å². The van der Waals surface area contributed by atoms with Crippen LogP contribution in [0.15, 0.2) is 6.33 Å². The molecule has 1 atom stereocenters. The van der Waals surface area contributed by atoms with E-state index in [1.165, 1.54) is 12.7 Å². The van der Waals surface area contributed by atoms with Crippen LogP contribution in [0.3, 0.4) is 0 Å². The lowest BCUT2D eigenvalue weighted by molar-refractivity contribution is 0.234. The van der Waals surface area contributed by atoms with Crippen LogP contribution >= 0.6 is 0 Å². The molecular formula is C13H23N5O. The van der Waals surface area contributed by atoms with Gasteiger partial charge >= 0.3 is 0 Å². The zero-order chi connectivity index (χ0) is 13.8. The van der Waals surface area contributed by atoms with E-state index in [2.05, 4.69) is 27.2 Å². The van der Waals surface area contributed by atoms with Crippen LogP contribution in [0.4, 0.5) is 11.5 Å². The van der Waals surface area contributed by atoms with E-state index in [9.17, 15) is 0 Å². The Balaban J connectivity index is 1.96. The van der Waals surface area contributed by atoms with Gasteiger partial charge in [0.15, 0.2) is 5.82 Å². The third kappa shape index (κ3) is 3.70. The minimum Gasteiger partial charge on any atom is -0.473 e. The standard InChI is InChI=1S/C13H23N5O/c1-9(2)19-13-11(14)12(16-8-17-13)15-6-10-4-5-18(3)7-10/h8-10H,4-7,14H2,1-3H3,(H,15,16,17). The molecule has 6 nitrogen and oxygen atoms in total. The number of nitrogens with two attached hydrogens (primary N) is 1. The number of hydrogen-bond acceptors (Lipinski definition) is 6. The maximum absolute atomic E-state index is 6.02. The first kappa shape index (κ1) is 13.9. The number of hydrogen-bond donors (Lipinski definition) is 2. The van der Waals surface area contributed by atoms with E-state index in [1.807, 2.05) is 13.8 Å². The Labute approximate surface area is 114 Å². The summed E-state index contributed by atoms with van der Waals surface area (Å²) < 4.78 is 5.55. The summed E-state index contributed by atoms with van der Waals surface area (Å²) in [4.78, 5) is 10.6. The Morgan fingerprint density at radius 3 is 2.95 bits per heavy atom. The summed E-state index contributed by atoms with van der Waals surface area (Å²) >= 11 is 0. The van der Waals surface area contributed by atoms with Crippen molar-refractivity contribution in [3.8, 4) is 5.88 Å². The SMILES string of the molecule is CC(C)Oc1ncnc(NCC2CCN(C)C2)c1N. The summed E-state index contributed by atoms with van der Waals surface area (Å²) in [6.07, 6.45) is 2.75. The number of anilines is 2. The molecule has 0 spiro atoms.